The minimum atomic E-state index is -4.54. The van der Waals surface area contributed by atoms with E-state index in [0.29, 0.717) is 0 Å². The molecule has 90 valence electrons. The van der Waals surface area contributed by atoms with Crippen LogP contribution in [0.1, 0.15) is 18.9 Å². The van der Waals surface area contributed by atoms with Crippen molar-refractivity contribution in [2.24, 2.45) is 0 Å². The number of rotatable bonds is 3. The number of benzene rings is 1. The van der Waals surface area contributed by atoms with Gasteiger partial charge in [0.05, 0.1) is 0 Å². The van der Waals surface area contributed by atoms with Crippen LogP contribution in [0.15, 0.2) is 24.3 Å². The van der Waals surface area contributed by atoms with E-state index in [1.54, 1.807) is 0 Å². The van der Waals surface area contributed by atoms with Crippen molar-refractivity contribution < 1.29 is 17.6 Å². The molecule has 0 aliphatic rings. The van der Waals surface area contributed by atoms with Crippen molar-refractivity contribution in [1.82, 2.24) is 5.32 Å². The molecule has 0 saturated carbocycles. The molecule has 1 N–H and O–H groups in total. The summed E-state index contributed by atoms with van der Waals surface area (Å²) < 4.78 is 52.5. The molecule has 1 rings (SSSR count). The predicted molar refractivity (Wildman–Crippen MR) is 53.5 cm³/mol. The van der Waals surface area contributed by atoms with Crippen LogP contribution in [0.3, 0.4) is 0 Å². The zero-order valence-corrected chi connectivity index (χ0v) is 9.03. The Morgan fingerprint density at radius 3 is 2.12 bits per heavy atom. The van der Waals surface area contributed by atoms with Gasteiger partial charge < -0.3 is 5.32 Å². The van der Waals surface area contributed by atoms with Gasteiger partial charge in [0.1, 0.15) is 11.4 Å². The molecule has 0 saturated heterocycles. The van der Waals surface area contributed by atoms with E-state index in [0.717, 1.165) is 12.1 Å². The van der Waals surface area contributed by atoms with Gasteiger partial charge in [0.25, 0.3) is 0 Å². The Morgan fingerprint density at radius 1 is 1.19 bits per heavy atom. The lowest BCUT2D eigenvalue weighted by atomic mass is 9.86. The molecule has 0 heterocycles. The fourth-order valence-electron chi connectivity index (χ4n) is 1.80. The van der Waals surface area contributed by atoms with Crippen molar-refractivity contribution in [2.45, 2.75) is 25.1 Å². The topological polar surface area (TPSA) is 12.0 Å². The van der Waals surface area contributed by atoms with Gasteiger partial charge in [0.2, 0.25) is 0 Å². The summed E-state index contributed by atoms with van der Waals surface area (Å²) in [5, 5.41) is 2.20. The molecule has 1 nitrogen and oxygen atoms in total. The van der Waals surface area contributed by atoms with Gasteiger partial charge in [-0.3, -0.25) is 0 Å². The van der Waals surface area contributed by atoms with Gasteiger partial charge in [-0.2, -0.15) is 13.2 Å². The van der Waals surface area contributed by atoms with Crippen LogP contribution in [0.25, 0.3) is 0 Å². The molecule has 0 aromatic heterocycles. The van der Waals surface area contributed by atoms with Crippen LogP contribution in [-0.2, 0) is 5.54 Å². The van der Waals surface area contributed by atoms with Crippen LogP contribution >= 0.6 is 0 Å². The van der Waals surface area contributed by atoms with Gasteiger partial charge in [-0.1, -0.05) is 25.1 Å². The number of hydrogen-bond acceptors (Lipinski definition) is 1. The Hall–Kier alpha value is -1.10. The second kappa shape index (κ2) is 4.41. The van der Waals surface area contributed by atoms with Crippen molar-refractivity contribution in [3.8, 4) is 0 Å². The Morgan fingerprint density at radius 2 is 1.75 bits per heavy atom. The van der Waals surface area contributed by atoms with Crippen LogP contribution in [0.5, 0.6) is 0 Å². The summed E-state index contributed by atoms with van der Waals surface area (Å²) in [4.78, 5) is 0. The standard InChI is InChI=1S/C11H13F4N/c1-3-10(16-2,11(13,14)15)8-6-4-5-7-9(8)12/h4-7,16H,3H2,1-2H3. The summed E-state index contributed by atoms with van der Waals surface area (Å²) in [5.74, 6) is -0.851. The minimum Gasteiger partial charge on any atom is -0.303 e. The van der Waals surface area contributed by atoms with E-state index in [1.165, 1.54) is 26.1 Å². The van der Waals surface area contributed by atoms with Crippen LogP contribution in [0, 0.1) is 5.82 Å². The molecule has 0 bridgehead atoms. The first-order chi connectivity index (χ1) is 7.39. The summed E-state index contributed by atoms with van der Waals surface area (Å²) in [7, 11) is 1.18. The number of nitrogens with one attached hydrogen (secondary N) is 1. The van der Waals surface area contributed by atoms with Crippen LogP contribution in [0.2, 0.25) is 0 Å². The number of alkyl halides is 3. The molecule has 5 heteroatoms. The zero-order valence-electron chi connectivity index (χ0n) is 9.03. The Kier molecular flexibility index (Phi) is 3.57. The number of hydrogen-bond donors (Lipinski definition) is 1. The smallest absolute Gasteiger partial charge is 0.303 e. The van der Waals surface area contributed by atoms with Gasteiger partial charge in [0, 0.05) is 5.56 Å². The van der Waals surface area contributed by atoms with Crippen LogP contribution in [-0.4, -0.2) is 13.2 Å². The first kappa shape index (κ1) is 13.0. The van der Waals surface area contributed by atoms with E-state index in [2.05, 4.69) is 5.32 Å². The van der Waals surface area contributed by atoms with Crippen molar-refractivity contribution in [3.63, 3.8) is 0 Å². The molecule has 1 unspecified atom stereocenters. The number of halogens is 4. The second-order valence-corrected chi connectivity index (χ2v) is 3.49. The average molecular weight is 235 g/mol. The molecule has 0 amide bonds. The third-order valence-corrected chi connectivity index (χ3v) is 2.77. The van der Waals surface area contributed by atoms with E-state index < -0.39 is 17.5 Å². The summed E-state index contributed by atoms with van der Waals surface area (Å²) >= 11 is 0. The van der Waals surface area contributed by atoms with E-state index in [4.69, 9.17) is 0 Å². The molecule has 1 atom stereocenters. The lowest BCUT2D eigenvalue weighted by Gasteiger charge is -2.35. The predicted octanol–water partition coefficient (Wildman–Crippen LogP) is 3.21. The van der Waals surface area contributed by atoms with Crippen LogP contribution < -0.4 is 5.32 Å². The molecular weight excluding hydrogens is 222 g/mol. The van der Waals surface area contributed by atoms with Crippen LogP contribution in [0.4, 0.5) is 17.6 Å². The summed E-state index contributed by atoms with van der Waals surface area (Å²) in [6, 6.07) is 4.95. The highest BCUT2D eigenvalue weighted by Gasteiger charge is 2.54. The quantitative estimate of drug-likeness (QED) is 0.793. The fourth-order valence-corrected chi connectivity index (χ4v) is 1.80. The van der Waals surface area contributed by atoms with Crippen molar-refractivity contribution in [2.75, 3.05) is 7.05 Å². The van der Waals surface area contributed by atoms with Crippen molar-refractivity contribution in [1.29, 1.82) is 0 Å². The third-order valence-electron chi connectivity index (χ3n) is 2.77. The SMILES string of the molecule is CCC(NC)(c1ccccc1F)C(F)(F)F. The van der Waals surface area contributed by atoms with Gasteiger partial charge in [-0.25, -0.2) is 4.39 Å². The van der Waals surface area contributed by atoms with Gasteiger partial charge in [-0.15, -0.1) is 0 Å². The fraction of sp³-hybridized carbons (Fsp3) is 0.455. The highest BCUT2D eigenvalue weighted by atomic mass is 19.4. The van der Waals surface area contributed by atoms with Crippen molar-refractivity contribution >= 4 is 0 Å². The molecule has 0 aliphatic heterocycles. The third kappa shape index (κ3) is 1.91. The first-order valence-electron chi connectivity index (χ1n) is 4.89. The average Bonchev–Trinajstić information content (AvgIpc) is 2.21. The molecule has 0 spiro atoms. The van der Waals surface area contributed by atoms with E-state index in [-0.39, 0.29) is 12.0 Å². The van der Waals surface area contributed by atoms with E-state index >= 15 is 0 Å². The normalized spacial score (nSPS) is 15.9. The minimum absolute atomic E-state index is 0.270. The summed E-state index contributed by atoms with van der Waals surface area (Å²) in [6.07, 6.45) is -4.81. The molecule has 0 fully saturated rings. The Balaban J connectivity index is 3.38. The molecule has 16 heavy (non-hydrogen) atoms. The molecule has 0 radical (unpaired) electrons. The largest absolute Gasteiger partial charge is 0.410 e. The van der Waals surface area contributed by atoms with E-state index in [9.17, 15) is 17.6 Å². The molecule has 1 aromatic carbocycles. The Bertz CT molecular complexity index is 355. The van der Waals surface area contributed by atoms with E-state index in [1.807, 2.05) is 0 Å². The highest BCUT2D eigenvalue weighted by molar-refractivity contribution is 5.28. The molecular formula is C11H13F4N. The summed E-state index contributed by atoms with van der Waals surface area (Å²) in [5.41, 5.74) is -2.69. The second-order valence-electron chi connectivity index (χ2n) is 3.49. The summed E-state index contributed by atoms with van der Waals surface area (Å²) in [6.45, 7) is 1.37. The highest BCUT2D eigenvalue weighted by Crippen LogP contribution is 2.42. The van der Waals surface area contributed by atoms with Crippen molar-refractivity contribution in [3.05, 3.63) is 35.6 Å². The van der Waals surface area contributed by atoms with Gasteiger partial charge in [0.15, 0.2) is 0 Å². The lowest BCUT2D eigenvalue weighted by Crippen LogP contribution is -2.52. The Labute approximate surface area is 91.5 Å². The monoisotopic (exact) mass is 235 g/mol. The van der Waals surface area contributed by atoms with Gasteiger partial charge in [-0.05, 0) is 19.5 Å². The maximum absolute atomic E-state index is 13.4. The first-order valence-corrected chi connectivity index (χ1v) is 4.89. The maximum Gasteiger partial charge on any atom is 0.410 e. The molecule has 1 aromatic rings. The lowest BCUT2D eigenvalue weighted by molar-refractivity contribution is -0.201. The maximum atomic E-state index is 13.4. The van der Waals surface area contributed by atoms with Gasteiger partial charge >= 0.3 is 6.18 Å². The molecule has 0 aliphatic carbocycles. The zero-order chi connectivity index (χ0) is 12.4.